The summed E-state index contributed by atoms with van der Waals surface area (Å²) >= 11 is 0. The van der Waals surface area contributed by atoms with Gasteiger partial charge in [0.15, 0.2) is 0 Å². The fourth-order valence-electron chi connectivity index (χ4n) is 3.97. The number of aryl methyl sites for hydroxylation is 2. The predicted octanol–water partition coefficient (Wildman–Crippen LogP) is 5.08. The van der Waals surface area contributed by atoms with Crippen molar-refractivity contribution in [3.05, 3.63) is 77.0 Å². The third-order valence-electron chi connectivity index (χ3n) is 5.65. The number of fused-ring (bicyclic) bond motifs is 1. The highest BCUT2D eigenvalue weighted by molar-refractivity contribution is 5.95. The van der Waals surface area contributed by atoms with Crippen LogP contribution in [-0.4, -0.2) is 22.7 Å². The number of benzene rings is 2. The number of phenolic OH excluding ortho intramolecular Hbond substituents is 1. The minimum absolute atomic E-state index is 0.113. The van der Waals surface area contributed by atoms with Gasteiger partial charge in [-0.2, -0.15) is 0 Å². The van der Waals surface area contributed by atoms with E-state index in [9.17, 15) is 9.90 Å². The summed E-state index contributed by atoms with van der Waals surface area (Å²) in [7, 11) is 0. The first-order valence-electron chi connectivity index (χ1n) is 10.2. The minimum Gasteiger partial charge on any atom is -0.508 e. The number of pyridine rings is 1. The SMILES string of the molecule is Cc1ccc(CNC(=O)N2CC(C)(C)c3nc(-c4ccc(O)cc4C)ccc32)cc1. The summed E-state index contributed by atoms with van der Waals surface area (Å²) < 4.78 is 0. The number of phenols is 1. The molecule has 2 heterocycles. The average Bonchev–Trinajstić information content (AvgIpc) is 2.98. The van der Waals surface area contributed by atoms with Gasteiger partial charge in [-0.3, -0.25) is 4.90 Å². The lowest BCUT2D eigenvalue weighted by atomic mass is 9.91. The Bertz CT molecular complexity index is 1100. The second-order valence-electron chi connectivity index (χ2n) is 8.68. The van der Waals surface area contributed by atoms with Crippen molar-refractivity contribution >= 4 is 11.7 Å². The molecule has 4 rings (SSSR count). The van der Waals surface area contributed by atoms with Crippen molar-refractivity contribution in [2.75, 3.05) is 11.4 Å². The number of aromatic nitrogens is 1. The van der Waals surface area contributed by atoms with E-state index in [1.54, 1.807) is 17.0 Å². The van der Waals surface area contributed by atoms with E-state index in [1.807, 2.05) is 56.3 Å². The number of carbonyl (C=O) groups is 1. The molecule has 0 radical (unpaired) electrons. The molecule has 5 nitrogen and oxygen atoms in total. The molecule has 1 aromatic heterocycles. The first-order chi connectivity index (χ1) is 14.2. The molecule has 0 aliphatic carbocycles. The van der Waals surface area contributed by atoms with Crippen LogP contribution in [0.3, 0.4) is 0 Å². The molecule has 0 fully saturated rings. The van der Waals surface area contributed by atoms with Gasteiger partial charge in [-0.1, -0.05) is 43.7 Å². The molecule has 1 aliphatic rings. The molecule has 5 heteroatoms. The summed E-state index contributed by atoms with van der Waals surface area (Å²) in [5.74, 6) is 0.245. The topological polar surface area (TPSA) is 65.5 Å². The molecule has 0 spiro atoms. The molecule has 2 amide bonds. The Morgan fingerprint density at radius 2 is 1.83 bits per heavy atom. The molecule has 2 N–H and O–H groups in total. The quantitative estimate of drug-likeness (QED) is 0.643. The fraction of sp³-hybridized carbons (Fsp3) is 0.280. The third-order valence-corrected chi connectivity index (χ3v) is 5.65. The van der Waals surface area contributed by atoms with Gasteiger partial charge in [-0.05, 0) is 55.3 Å². The molecule has 3 aromatic rings. The number of nitrogens with one attached hydrogen (secondary N) is 1. The van der Waals surface area contributed by atoms with E-state index in [-0.39, 0.29) is 17.2 Å². The van der Waals surface area contributed by atoms with E-state index in [1.165, 1.54) is 5.56 Å². The number of aromatic hydroxyl groups is 1. The number of carbonyl (C=O) groups excluding carboxylic acids is 1. The van der Waals surface area contributed by atoms with Crippen molar-refractivity contribution in [2.24, 2.45) is 0 Å². The van der Waals surface area contributed by atoms with Crippen LogP contribution in [0.15, 0.2) is 54.6 Å². The van der Waals surface area contributed by atoms with Crippen LogP contribution in [0.1, 0.15) is 36.2 Å². The number of hydrogen-bond donors (Lipinski definition) is 2. The summed E-state index contributed by atoms with van der Waals surface area (Å²) in [5, 5.41) is 12.7. The molecule has 0 saturated carbocycles. The van der Waals surface area contributed by atoms with E-state index in [2.05, 4.69) is 19.2 Å². The lowest BCUT2D eigenvalue weighted by Gasteiger charge is -2.20. The summed E-state index contributed by atoms with van der Waals surface area (Å²) in [4.78, 5) is 19.6. The fourth-order valence-corrected chi connectivity index (χ4v) is 3.97. The van der Waals surface area contributed by atoms with Crippen LogP contribution in [-0.2, 0) is 12.0 Å². The van der Waals surface area contributed by atoms with E-state index in [0.29, 0.717) is 13.1 Å². The summed E-state index contributed by atoms with van der Waals surface area (Å²) in [6.45, 7) is 9.29. The average molecular weight is 402 g/mol. The molecular weight excluding hydrogens is 374 g/mol. The zero-order valence-electron chi connectivity index (χ0n) is 17.9. The number of rotatable bonds is 3. The molecule has 1 aliphatic heterocycles. The molecule has 0 bridgehead atoms. The van der Waals surface area contributed by atoms with Crippen LogP contribution < -0.4 is 10.2 Å². The van der Waals surface area contributed by atoms with Gasteiger partial charge in [0.2, 0.25) is 0 Å². The normalized spacial score (nSPS) is 14.5. The standard InChI is InChI=1S/C25H27N3O2/c1-16-5-7-18(8-6-16)14-26-24(30)28-15-25(3,4)23-22(28)12-11-21(27-23)20-10-9-19(29)13-17(20)2/h5-13,29H,14-15H2,1-4H3,(H,26,30). The Morgan fingerprint density at radius 3 is 2.53 bits per heavy atom. The van der Waals surface area contributed by atoms with Gasteiger partial charge >= 0.3 is 6.03 Å². The lowest BCUT2D eigenvalue weighted by Crippen LogP contribution is -2.41. The van der Waals surface area contributed by atoms with Gasteiger partial charge in [-0.25, -0.2) is 9.78 Å². The number of anilines is 1. The first-order valence-corrected chi connectivity index (χ1v) is 10.2. The smallest absolute Gasteiger partial charge is 0.322 e. The maximum Gasteiger partial charge on any atom is 0.322 e. The summed E-state index contributed by atoms with van der Waals surface area (Å²) in [6, 6.07) is 17.3. The predicted molar refractivity (Wildman–Crippen MR) is 120 cm³/mol. The number of hydrogen-bond acceptors (Lipinski definition) is 3. The van der Waals surface area contributed by atoms with E-state index in [0.717, 1.165) is 33.8 Å². The van der Waals surface area contributed by atoms with E-state index in [4.69, 9.17) is 4.98 Å². The Kier molecular flexibility index (Phi) is 4.98. The van der Waals surface area contributed by atoms with E-state index >= 15 is 0 Å². The zero-order valence-corrected chi connectivity index (χ0v) is 17.9. The van der Waals surface area contributed by atoms with Gasteiger partial charge < -0.3 is 10.4 Å². The van der Waals surface area contributed by atoms with Gasteiger partial charge in [0, 0.05) is 24.1 Å². The van der Waals surface area contributed by atoms with Crippen LogP contribution >= 0.6 is 0 Å². The molecule has 0 unspecified atom stereocenters. The molecule has 30 heavy (non-hydrogen) atoms. The van der Waals surface area contributed by atoms with E-state index < -0.39 is 0 Å². The van der Waals surface area contributed by atoms with Crippen molar-refractivity contribution in [3.8, 4) is 17.0 Å². The van der Waals surface area contributed by atoms with Crippen molar-refractivity contribution in [3.63, 3.8) is 0 Å². The van der Waals surface area contributed by atoms with Gasteiger partial charge in [0.1, 0.15) is 5.75 Å². The van der Waals surface area contributed by atoms with Crippen LogP contribution in [0.4, 0.5) is 10.5 Å². The minimum atomic E-state index is -0.253. The Hall–Kier alpha value is -3.34. The van der Waals surface area contributed by atoms with Gasteiger partial charge in [0.25, 0.3) is 0 Å². The largest absolute Gasteiger partial charge is 0.508 e. The first kappa shape index (κ1) is 20.0. The Morgan fingerprint density at radius 1 is 1.10 bits per heavy atom. The van der Waals surface area contributed by atoms with Crippen LogP contribution in [0, 0.1) is 13.8 Å². The second-order valence-corrected chi connectivity index (χ2v) is 8.68. The van der Waals surface area contributed by atoms with Gasteiger partial charge in [0.05, 0.1) is 17.1 Å². The maximum atomic E-state index is 12.9. The second kappa shape index (κ2) is 7.48. The zero-order chi connectivity index (χ0) is 21.5. The highest BCUT2D eigenvalue weighted by atomic mass is 16.3. The Balaban J connectivity index is 1.59. The monoisotopic (exact) mass is 401 g/mol. The molecule has 0 saturated heterocycles. The van der Waals surface area contributed by atoms with Crippen LogP contribution in [0.5, 0.6) is 5.75 Å². The number of nitrogens with zero attached hydrogens (tertiary/aromatic N) is 2. The van der Waals surface area contributed by atoms with Crippen molar-refractivity contribution < 1.29 is 9.90 Å². The van der Waals surface area contributed by atoms with Crippen molar-refractivity contribution in [1.82, 2.24) is 10.3 Å². The number of amides is 2. The Labute approximate surface area is 177 Å². The summed E-state index contributed by atoms with van der Waals surface area (Å²) in [5.41, 5.74) is 6.58. The molecular formula is C25H27N3O2. The lowest BCUT2D eigenvalue weighted by molar-refractivity contribution is 0.245. The van der Waals surface area contributed by atoms with Crippen molar-refractivity contribution in [2.45, 2.75) is 39.7 Å². The van der Waals surface area contributed by atoms with Crippen LogP contribution in [0.25, 0.3) is 11.3 Å². The maximum absolute atomic E-state index is 12.9. The summed E-state index contributed by atoms with van der Waals surface area (Å²) in [6.07, 6.45) is 0. The third kappa shape index (κ3) is 3.75. The molecule has 0 atom stereocenters. The van der Waals surface area contributed by atoms with Crippen molar-refractivity contribution in [1.29, 1.82) is 0 Å². The van der Waals surface area contributed by atoms with Crippen LogP contribution in [0.2, 0.25) is 0 Å². The highest BCUT2D eigenvalue weighted by Gasteiger charge is 2.39. The molecule has 2 aromatic carbocycles. The highest BCUT2D eigenvalue weighted by Crippen LogP contribution is 2.40. The number of urea groups is 1. The van der Waals surface area contributed by atoms with Gasteiger partial charge in [-0.15, -0.1) is 0 Å². The molecule has 154 valence electrons.